The Morgan fingerprint density at radius 1 is 1.44 bits per heavy atom. The number of aromatic nitrogens is 5. The summed E-state index contributed by atoms with van der Waals surface area (Å²) < 4.78 is 0. The largest absolute Gasteiger partial charge is 0.357 e. The van der Waals surface area contributed by atoms with Crippen molar-refractivity contribution in [3.63, 3.8) is 0 Å². The van der Waals surface area contributed by atoms with Crippen LogP contribution in [0.3, 0.4) is 0 Å². The zero-order valence-corrected chi connectivity index (χ0v) is 8.44. The van der Waals surface area contributed by atoms with Gasteiger partial charge in [0.15, 0.2) is 0 Å². The molecule has 0 saturated carbocycles. The Bertz CT molecular complexity index is 569. The molecule has 8 heteroatoms. The van der Waals surface area contributed by atoms with Crippen LogP contribution in [0.2, 0.25) is 0 Å². The summed E-state index contributed by atoms with van der Waals surface area (Å²) in [6.45, 7) is 1.84. The number of aromatic amines is 3. The van der Waals surface area contributed by atoms with E-state index in [1.54, 1.807) is 12.4 Å². The molecule has 2 heterocycles. The molecule has 0 aliphatic heterocycles. The predicted molar refractivity (Wildman–Crippen MR) is 56.1 cm³/mol. The van der Waals surface area contributed by atoms with Crippen LogP contribution in [-0.2, 0) is 0 Å². The van der Waals surface area contributed by atoms with Gasteiger partial charge < -0.3 is 5.32 Å². The van der Waals surface area contributed by atoms with Crippen molar-refractivity contribution in [1.29, 1.82) is 0 Å². The summed E-state index contributed by atoms with van der Waals surface area (Å²) in [7, 11) is 0. The minimum atomic E-state index is -0.633. The molecule has 4 N–H and O–H groups in total. The molecule has 84 valence electrons. The Kier molecular flexibility index (Phi) is 2.54. The highest BCUT2D eigenvalue weighted by Gasteiger charge is 2.09. The number of anilines is 1. The van der Waals surface area contributed by atoms with Gasteiger partial charge in [-0.05, 0) is 6.92 Å². The lowest BCUT2D eigenvalue weighted by atomic mass is 10.2. The van der Waals surface area contributed by atoms with Crippen LogP contribution in [0, 0.1) is 0 Å². The summed E-state index contributed by atoms with van der Waals surface area (Å²) in [5.74, 6) is 0.0632. The molecule has 1 unspecified atom stereocenters. The third-order valence-corrected chi connectivity index (χ3v) is 2.08. The molecule has 8 nitrogen and oxygen atoms in total. The first-order valence-electron chi connectivity index (χ1n) is 4.61. The zero-order chi connectivity index (χ0) is 11.5. The van der Waals surface area contributed by atoms with E-state index in [9.17, 15) is 9.59 Å². The monoisotopic (exact) mass is 222 g/mol. The molecular weight excluding hydrogens is 212 g/mol. The Morgan fingerprint density at radius 2 is 2.25 bits per heavy atom. The highest BCUT2D eigenvalue weighted by atomic mass is 16.2. The number of rotatable bonds is 3. The normalized spacial score (nSPS) is 12.3. The van der Waals surface area contributed by atoms with Gasteiger partial charge in [-0.3, -0.25) is 14.9 Å². The van der Waals surface area contributed by atoms with Crippen molar-refractivity contribution in [3.8, 4) is 0 Å². The molecule has 0 aliphatic rings. The summed E-state index contributed by atoms with van der Waals surface area (Å²) in [5, 5.41) is 15.1. The average Bonchev–Trinajstić information content (AvgIpc) is 2.75. The molecule has 0 radical (unpaired) electrons. The number of hydrogen-bond acceptors (Lipinski definition) is 5. The molecule has 1 atom stereocenters. The molecule has 0 saturated heterocycles. The van der Waals surface area contributed by atoms with Gasteiger partial charge in [-0.15, -0.1) is 5.10 Å². The summed E-state index contributed by atoms with van der Waals surface area (Å²) in [6.07, 6.45) is 3.34. The molecule has 2 rings (SSSR count). The van der Waals surface area contributed by atoms with Crippen LogP contribution < -0.4 is 16.6 Å². The standard InChI is InChI=1S/C8H10N6O2/c1-4(5-2-9-10-3-5)11-6-7(15)12-8(16)14-13-6/h2-4H,1H3,(H,9,10)(H,11,13)(H2,12,14,15,16). The highest BCUT2D eigenvalue weighted by molar-refractivity contribution is 5.33. The van der Waals surface area contributed by atoms with Gasteiger partial charge in [0.1, 0.15) is 0 Å². The van der Waals surface area contributed by atoms with E-state index in [1.165, 1.54) is 0 Å². The molecule has 0 aromatic carbocycles. The van der Waals surface area contributed by atoms with E-state index in [1.807, 2.05) is 6.92 Å². The van der Waals surface area contributed by atoms with E-state index in [0.29, 0.717) is 0 Å². The number of H-pyrrole nitrogens is 3. The van der Waals surface area contributed by atoms with E-state index < -0.39 is 11.2 Å². The van der Waals surface area contributed by atoms with E-state index in [4.69, 9.17) is 0 Å². The number of nitrogens with zero attached hydrogens (tertiary/aromatic N) is 2. The predicted octanol–water partition coefficient (Wildman–Crippen LogP) is -0.646. The molecule has 2 aromatic heterocycles. The fourth-order valence-electron chi connectivity index (χ4n) is 1.23. The summed E-state index contributed by atoms with van der Waals surface area (Å²) in [5.41, 5.74) is -0.307. The SMILES string of the molecule is CC(Nc1n[nH]c(=O)[nH]c1=O)c1cn[nH]c1. The van der Waals surface area contributed by atoms with E-state index in [-0.39, 0.29) is 11.9 Å². The van der Waals surface area contributed by atoms with Crippen molar-refractivity contribution in [2.45, 2.75) is 13.0 Å². The minimum Gasteiger partial charge on any atom is -0.357 e. The third-order valence-electron chi connectivity index (χ3n) is 2.08. The van der Waals surface area contributed by atoms with Crippen LogP contribution in [-0.4, -0.2) is 25.4 Å². The summed E-state index contributed by atoms with van der Waals surface area (Å²) >= 11 is 0. The van der Waals surface area contributed by atoms with Crippen LogP contribution >= 0.6 is 0 Å². The first kappa shape index (κ1) is 10.1. The maximum atomic E-state index is 11.3. The lowest BCUT2D eigenvalue weighted by Gasteiger charge is -2.10. The van der Waals surface area contributed by atoms with Crippen molar-refractivity contribution >= 4 is 5.82 Å². The number of nitrogens with one attached hydrogen (secondary N) is 4. The second-order valence-electron chi connectivity index (χ2n) is 3.25. The minimum absolute atomic E-state index is 0.0632. The second kappa shape index (κ2) is 4.01. The van der Waals surface area contributed by atoms with Gasteiger partial charge in [0.05, 0.1) is 12.2 Å². The summed E-state index contributed by atoms with van der Waals surface area (Å²) in [6, 6.07) is -0.141. The van der Waals surface area contributed by atoms with Crippen LogP contribution in [0.25, 0.3) is 0 Å². The van der Waals surface area contributed by atoms with E-state index in [0.717, 1.165) is 5.56 Å². The maximum Gasteiger partial charge on any atom is 0.342 e. The van der Waals surface area contributed by atoms with Crippen LogP contribution in [0.4, 0.5) is 5.82 Å². The molecule has 16 heavy (non-hydrogen) atoms. The Balaban J connectivity index is 2.21. The molecule has 0 spiro atoms. The Morgan fingerprint density at radius 3 is 2.88 bits per heavy atom. The Labute approximate surface area is 89.1 Å². The first-order chi connectivity index (χ1) is 7.66. The van der Waals surface area contributed by atoms with Crippen LogP contribution in [0.5, 0.6) is 0 Å². The molecule has 0 amide bonds. The first-order valence-corrected chi connectivity index (χ1v) is 4.61. The van der Waals surface area contributed by atoms with Crippen LogP contribution in [0.15, 0.2) is 22.0 Å². The van der Waals surface area contributed by atoms with E-state index >= 15 is 0 Å². The fraction of sp³-hybridized carbons (Fsp3) is 0.250. The smallest absolute Gasteiger partial charge is 0.342 e. The van der Waals surface area contributed by atoms with Gasteiger partial charge in [-0.1, -0.05) is 0 Å². The molecule has 0 fully saturated rings. The molecular formula is C8H10N6O2. The van der Waals surface area contributed by atoms with Crippen molar-refractivity contribution in [3.05, 3.63) is 38.8 Å². The highest BCUT2D eigenvalue weighted by Crippen LogP contribution is 2.12. The van der Waals surface area contributed by atoms with Gasteiger partial charge in [0.2, 0.25) is 5.82 Å². The molecule has 0 bridgehead atoms. The zero-order valence-electron chi connectivity index (χ0n) is 8.44. The lowest BCUT2D eigenvalue weighted by Crippen LogP contribution is -2.27. The van der Waals surface area contributed by atoms with Gasteiger partial charge in [-0.25, -0.2) is 9.89 Å². The molecule has 2 aromatic rings. The van der Waals surface area contributed by atoms with Crippen molar-refractivity contribution in [2.75, 3.05) is 5.32 Å². The second-order valence-corrected chi connectivity index (χ2v) is 3.25. The number of hydrogen-bond donors (Lipinski definition) is 4. The lowest BCUT2D eigenvalue weighted by molar-refractivity contribution is 0.826. The van der Waals surface area contributed by atoms with Crippen molar-refractivity contribution in [2.24, 2.45) is 0 Å². The van der Waals surface area contributed by atoms with Crippen LogP contribution in [0.1, 0.15) is 18.5 Å². The fourth-order valence-corrected chi connectivity index (χ4v) is 1.23. The average molecular weight is 222 g/mol. The van der Waals surface area contributed by atoms with Gasteiger partial charge >= 0.3 is 5.69 Å². The van der Waals surface area contributed by atoms with Gasteiger partial charge in [-0.2, -0.15) is 5.10 Å². The van der Waals surface area contributed by atoms with Gasteiger partial charge in [0, 0.05) is 11.8 Å². The quantitative estimate of drug-likeness (QED) is 0.550. The van der Waals surface area contributed by atoms with Gasteiger partial charge in [0.25, 0.3) is 5.56 Å². The topological polar surface area (TPSA) is 119 Å². The Hall–Kier alpha value is -2.38. The van der Waals surface area contributed by atoms with Crippen molar-refractivity contribution in [1.82, 2.24) is 25.4 Å². The third kappa shape index (κ3) is 2.00. The summed E-state index contributed by atoms with van der Waals surface area (Å²) in [4.78, 5) is 24.1. The molecule has 0 aliphatic carbocycles. The maximum absolute atomic E-state index is 11.3. The van der Waals surface area contributed by atoms with E-state index in [2.05, 4.69) is 30.7 Å². The van der Waals surface area contributed by atoms with Crippen molar-refractivity contribution < 1.29 is 0 Å².